The van der Waals surface area contributed by atoms with E-state index in [9.17, 15) is 12.9 Å². The number of alkyl halides is 1. The van der Waals surface area contributed by atoms with E-state index in [0.717, 1.165) is 0 Å². The predicted molar refractivity (Wildman–Crippen MR) is 33.8 cm³/mol. The summed E-state index contributed by atoms with van der Waals surface area (Å²) < 4.78 is 34.5. The van der Waals surface area contributed by atoms with Crippen molar-refractivity contribution in [1.29, 1.82) is 0 Å². The van der Waals surface area contributed by atoms with Crippen LogP contribution in [0.5, 0.6) is 0 Å². The van der Waals surface area contributed by atoms with Gasteiger partial charge >= 0.3 is 58.4 Å². The molecule has 0 saturated heterocycles. The molecule has 0 nitrogen and oxygen atoms in total. The van der Waals surface area contributed by atoms with Crippen molar-refractivity contribution in [3.8, 4) is 0 Å². The second-order valence-electron chi connectivity index (χ2n) is 2.21. The Balaban J connectivity index is 0. The zero-order chi connectivity index (χ0) is 7.49. The third-order valence-electron chi connectivity index (χ3n) is 0.933. The summed E-state index contributed by atoms with van der Waals surface area (Å²) in [6, 6.07) is 0. The van der Waals surface area contributed by atoms with Crippen molar-refractivity contribution < 1.29 is 64.3 Å². The molecule has 0 aliphatic heterocycles. The normalized spacial score (nSPS) is 14.1. The Morgan fingerprint density at radius 1 is 1.40 bits per heavy atom. The summed E-state index contributed by atoms with van der Waals surface area (Å²) in [7, 11) is 0. The van der Waals surface area contributed by atoms with E-state index in [-0.39, 0.29) is 57.3 Å². The molecule has 0 radical (unpaired) electrons. The Hall–Kier alpha value is 1.78. The van der Waals surface area contributed by atoms with E-state index in [2.05, 4.69) is 0 Å². The van der Waals surface area contributed by atoms with Crippen molar-refractivity contribution in [1.82, 2.24) is 0 Å². The first-order valence-electron chi connectivity index (χ1n) is 2.72. The van der Waals surface area contributed by atoms with E-state index < -0.39 is 19.2 Å². The van der Waals surface area contributed by atoms with Gasteiger partial charge in [0.25, 0.3) is 0 Å². The van der Waals surface area contributed by atoms with Gasteiger partial charge in [0, 0.05) is 5.88 Å². The van der Waals surface area contributed by atoms with Gasteiger partial charge in [0.1, 0.15) is 0 Å². The van der Waals surface area contributed by atoms with Gasteiger partial charge in [0.2, 0.25) is 0 Å². The van der Waals surface area contributed by atoms with Gasteiger partial charge in [-0.15, -0.1) is 11.6 Å². The van der Waals surface area contributed by atoms with Crippen LogP contribution in [0.2, 0.25) is 6.32 Å². The Morgan fingerprint density at radius 3 is 1.90 bits per heavy atom. The molecule has 0 spiro atoms. The van der Waals surface area contributed by atoms with Crippen LogP contribution in [0.25, 0.3) is 0 Å². The molecule has 0 aliphatic carbocycles. The molecule has 0 heterocycles. The minimum atomic E-state index is -4.63. The van der Waals surface area contributed by atoms with Crippen LogP contribution >= 0.6 is 11.6 Å². The topological polar surface area (TPSA) is 0 Å². The molecule has 0 saturated carbocycles. The van der Waals surface area contributed by atoms with E-state index in [1.165, 1.54) is 6.92 Å². The van der Waals surface area contributed by atoms with Crippen LogP contribution in [0.3, 0.4) is 0 Å². The van der Waals surface area contributed by atoms with Crippen LogP contribution in [-0.4, -0.2) is 12.9 Å². The maximum atomic E-state index is 11.5. The molecule has 0 fully saturated rings. The average Bonchev–Trinajstić information content (AvgIpc) is 1.62. The molecule has 1 atom stereocenters. The second kappa shape index (κ2) is 6.31. The fraction of sp³-hybridized carbons (Fsp3) is 1.00. The molecular formula is C4H8BClF3K. The van der Waals surface area contributed by atoms with Gasteiger partial charge in [0.15, 0.2) is 0 Å². The summed E-state index contributed by atoms with van der Waals surface area (Å²) in [4.78, 5) is 0. The zero-order valence-electron chi connectivity index (χ0n) is 6.08. The van der Waals surface area contributed by atoms with E-state index in [4.69, 9.17) is 11.6 Å². The molecule has 6 heteroatoms. The standard InChI is InChI=1S/C4H8BClF3.K/c1-4(3-6)2-5(7,8)9;/h4H,2-3H2,1H3;/q-1;+1. The van der Waals surface area contributed by atoms with Crippen LogP contribution in [0.1, 0.15) is 6.92 Å². The Kier molecular flexibility index (Phi) is 9.04. The van der Waals surface area contributed by atoms with E-state index in [1.54, 1.807) is 0 Å². The maximum Gasteiger partial charge on any atom is 1.00 e. The number of rotatable bonds is 3. The smallest absolute Gasteiger partial charge is 0.449 e. The summed E-state index contributed by atoms with van der Waals surface area (Å²) in [5, 5.41) is 0. The van der Waals surface area contributed by atoms with E-state index >= 15 is 0 Å². The summed E-state index contributed by atoms with van der Waals surface area (Å²) in [6.07, 6.45) is -0.719. The second-order valence-corrected chi connectivity index (χ2v) is 2.51. The van der Waals surface area contributed by atoms with Crippen LogP contribution in [-0.2, 0) is 0 Å². The number of hydrogen-bond acceptors (Lipinski definition) is 0. The van der Waals surface area contributed by atoms with E-state index in [1.807, 2.05) is 0 Å². The monoisotopic (exact) mass is 198 g/mol. The summed E-state index contributed by atoms with van der Waals surface area (Å²) in [6.45, 7) is -3.14. The van der Waals surface area contributed by atoms with Gasteiger partial charge in [-0.3, -0.25) is 0 Å². The van der Waals surface area contributed by atoms with Crippen molar-refractivity contribution in [3.63, 3.8) is 0 Å². The fourth-order valence-electron chi connectivity index (χ4n) is 0.519. The van der Waals surface area contributed by atoms with Crippen LogP contribution in [0.4, 0.5) is 12.9 Å². The first-order chi connectivity index (χ1) is 3.95. The van der Waals surface area contributed by atoms with Crippen LogP contribution < -0.4 is 51.4 Å². The third kappa shape index (κ3) is 9.78. The van der Waals surface area contributed by atoms with Crippen molar-refractivity contribution in [3.05, 3.63) is 0 Å². The van der Waals surface area contributed by atoms with Crippen molar-refractivity contribution in [2.24, 2.45) is 5.92 Å². The van der Waals surface area contributed by atoms with Gasteiger partial charge in [0.05, 0.1) is 0 Å². The first kappa shape index (κ1) is 14.3. The minimum absolute atomic E-state index is 0. The quantitative estimate of drug-likeness (QED) is 0.432. The first-order valence-corrected chi connectivity index (χ1v) is 3.26. The SMILES string of the molecule is CC(CCl)C[B-](F)(F)F.[K+]. The van der Waals surface area contributed by atoms with Crippen molar-refractivity contribution >= 4 is 18.6 Å². The van der Waals surface area contributed by atoms with Crippen molar-refractivity contribution in [2.75, 3.05) is 5.88 Å². The van der Waals surface area contributed by atoms with Gasteiger partial charge in [-0.05, 0) is 0 Å². The fourth-order valence-corrected chi connectivity index (χ4v) is 0.645. The van der Waals surface area contributed by atoms with Gasteiger partial charge in [-0.1, -0.05) is 19.2 Å². The summed E-state index contributed by atoms with van der Waals surface area (Å²) >= 11 is 5.17. The zero-order valence-corrected chi connectivity index (χ0v) is 9.96. The van der Waals surface area contributed by atoms with E-state index in [0.29, 0.717) is 0 Å². The molecule has 0 aliphatic rings. The van der Waals surface area contributed by atoms with Gasteiger partial charge in [-0.2, -0.15) is 0 Å². The Morgan fingerprint density at radius 2 is 1.80 bits per heavy atom. The molecule has 56 valence electrons. The molecule has 1 unspecified atom stereocenters. The Bertz CT molecular complexity index is 87.1. The third-order valence-corrected chi connectivity index (χ3v) is 1.46. The number of halogens is 4. The molecule has 0 rings (SSSR count). The molecule has 0 amide bonds. The van der Waals surface area contributed by atoms with Crippen LogP contribution in [0, 0.1) is 5.92 Å². The largest absolute Gasteiger partial charge is 1.00 e. The van der Waals surface area contributed by atoms with Crippen molar-refractivity contribution in [2.45, 2.75) is 13.2 Å². The number of hydrogen-bond donors (Lipinski definition) is 0. The molecule has 0 bridgehead atoms. The predicted octanol–water partition coefficient (Wildman–Crippen LogP) is -0.287. The molecule has 0 aromatic carbocycles. The maximum absolute atomic E-state index is 11.5. The summed E-state index contributed by atoms with van der Waals surface area (Å²) in [5.74, 6) is -0.354. The summed E-state index contributed by atoms with van der Waals surface area (Å²) in [5.41, 5.74) is 0. The van der Waals surface area contributed by atoms with Gasteiger partial charge in [-0.25, -0.2) is 0 Å². The minimum Gasteiger partial charge on any atom is -0.449 e. The van der Waals surface area contributed by atoms with Gasteiger partial charge < -0.3 is 12.9 Å². The molecule has 10 heavy (non-hydrogen) atoms. The molecule has 0 aromatic rings. The van der Waals surface area contributed by atoms with Crippen LogP contribution in [0.15, 0.2) is 0 Å². The average molecular weight is 198 g/mol. The molecule has 0 N–H and O–H groups in total. The molecular weight excluding hydrogens is 190 g/mol. The molecule has 0 aromatic heterocycles. The Labute approximate surface area is 106 Å².